The Hall–Kier alpha value is -2.11. The van der Waals surface area contributed by atoms with Gasteiger partial charge in [-0.1, -0.05) is 37.5 Å². The highest BCUT2D eigenvalue weighted by Crippen LogP contribution is 2.34. The Bertz CT molecular complexity index is 771. The number of aromatic nitrogens is 1. The fourth-order valence-corrected chi connectivity index (χ4v) is 5.12. The number of aliphatic hydroxyl groups is 1. The van der Waals surface area contributed by atoms with Crippen molar-refractivity contribution in [2.45, 2.75) is 44.1 Å². The topological polar surface area (TPSA) is 48.8 Å². The van der Waals surface area contributed by atoms with Crippen LogP contribution in [0.2, 0.25) is 0 Å². The van der Waals surface area contributed by atoms with Crippen LogP contribution in [0.4, 0.5) is 5.69 Å². The Morgan fingerprint density at radius 3 is 2.43 bits per heavy atom. The average molecular weight is 410 g/mol. The maximum Gasteiger partial charge on any atom is 0.142 e. The van der Waals surface area contributed by atoms with Crippen LogP contribution in [0.3, 0.4) is 0 Å². The minimum atomic E-state index is -0.313. The van der Waals surface area contributed by atoms with Gasteiger partial charge >= 0.3 is 0 Å². The minimum Gasteiger partial charge on any atom is -0.495 e. The molecule has 5 nitrogen and oxygen atoms in total. The average Bonchev–Trinajstić information content (AvgIpc) is 2.83. The number of rotatable bonds is 7. The first-order valence-corrected chi connectivity index (χ1v) is 11.5. The standard InChI is InChI=1S/C25H35N3O2/c1-30-24-13-6-5-12-23(24)28-17-15-27(16-18-28)19-21(22-11-7-8-14-26-22)25(29)20-9-3-2-4-10-20/h5-8,11-14,20-21,25,29H,2-4,9-10,15-19H2,1H3. The summed E-state index contributed by atoms with van der Waals surface area (Å²) in [5.41, 5.74) is 2.20. The lowest BCUT2D eigenvalue weighted by Crippen LogP contribution is -2.49. The zero-order valence-electron chi connectivity index (χ0n) is 18.1. The molecule has 1 aliphatic heterocycles. The molecule has 162 valence electrons. The van der Waals surface area contributed by atoms with Gasteiger partial charge in [-0.15, -0.1) is 0 Å². The van der Waals surface area contributed by atoms with Crippen LogP contribution in [0, 0.1) is 5.92 Å². The summed E-state index contributed by atoms with van der Waals surface area (Å²) in [6, 6.07) is 14.3. The van der Waals surface area contributed by atoms with E-state index in [1.165, 1.54) is 24.9 Å². The number of hydrogen-bond acceptors (Lipinski definition) is 5. The van der Waals surface area contributed by atoms with Gasteiger partial charge in [-0.25, -0.2) is 0 Å². The van der Waals surface area contributed by atoms with Crippen molar-refractivity contribution in [1.82, 2.24) is 9.88 Å². The number of methoxy groups -OCH3 is 1. The molecule has 1 aliphatic carbocycles. The molecule has 1 aromatic carbocycles. The number of benzene rings is 1. The second-order valence-corrected chi connectivity index (χ2v) is 8.71. The third-order valence-corrected chi connectivity index (χ3v) is 6.87. The molecule has 1 saturated carbocycles. The highest BCUT2D eigenvalue weighted by atomic mass is 16.5. The summed E-state index contributed by atoms with van der Waals surface area (Å²) in [4.78, 5) is 9.53. The Morgan fingerprint density at radius 1 is 1.00 bits per heavy atom. The van der Waals surface area contributed by atoms with E-state index in [9.17, 15) is 5.11 Å². The third kappa shape index (κ3) is 4.96. The van der Waals surface area contributed by atoms with Crippen LogP contribution in [0.15, 0.2) is 48.7 Å². The SMILES string of the molecule is COc1ccccc1N1CCN(CC(c2ccccn2)C(O)C2CCCCC2)CC1. The zero-order chi connectivity index (χ0) is 20.8. The molecule has 0 spiro atoms. The maximum absolute atomic E-state index is 11.3. The third-order valence-electron chi connectivity index (χ3n) is 6.87. The number of aliphatic hydroxyl groups excluding tert-OH is 1. The minimum absolute atomic E-state index is 0.0760. The van der Waals surface area contributed by atoms with Gasteiger partial charge < -0.3 is 14.7 Å². The lowest BCUT2D eigenvalue weighted by Gasteiger charge is -2.40. The molecule has 1 aromatic heterocycles. The Kier molecular flexibility index (Phi) is 7.24. The van der Waals surface area contributed by atoms with Gasteiger partial charge in [0.1, 0.15) is 5.75 Å². The lowest BCUT2D eigenvalue weighted by molar-refractivity contribution is 0.0447. The summed E-state index contributed by atoms with van der Waals surface area (Å²) in [5, 5.41) is 11.3. The van der Waals surface area contributed by atoms with Gasteiger partial charge in [-0.05, 0) is 43.0 Å². The molecule has 30 heavy (non-hydrogen) atoms. The van der Waals surface area contributed by atoms with Crippen LogP contribution in [0.5, 0.6) is 5.75 Å². The van der Waals surface area contributed by atoms with Crippen LogP contribution in [0.1, 0.15) is 43.7 Å². The number of piperazine rings is 1. The molecule has 2 aromatic rings. The van der Waals surface area contributed by atoms with E-state index in [2.05, 4.69) is 33.0 Å². The van der Waals surface area contributed by atoms with Gasteiger partial charge in [-0.3, -0.25) is 9.88 Å². The van der Waals surface area contributed by atoms with Gasteiger partial charge in [0.15, 0.2) is 0 Å². The summed E-state index contributed by atoms with van der Waals surface area (Å²) in [6.07, 6.45) is 7.63. The number of hydrogen-bond donors (Lipinski definition) is 1. The number of para-hydroxylation sites is 2. The molecule has 5 heteroatoms. The fourth-order valence-electron chi connectivity index (χ4n) is 5.12. The largest absolute Gasteiger partial charge is 0.495 e. The van der Waals surface area contributed by atoms with E-state index in [-0.39, 0.29) is 12.0 Å². The number of pyridine rings is 1. The van der Waals surface area contributed by atoms with Crippen molar-refractivity contribution in [2.75, 3.05) is 44.7 Å². The second kappa shape index (κ2) is 10.3. The Morgan fingerprint density at radius 2 is 1.73 bits per heavy atom. The van der Waals surface area contributed by atoms with Gasteiger partial charge in [0.05, 0.1) is 18.9 Å². The van der Waals surface area contributed by atoms with Crippen LogP contribution < -0.4 is 9.64 Å². The van der Waals surface area contributed by atoms with E-state index in [4.69, 9.17) is 4.74 Å². The molecule has 0 amide bonds. The second-order valence-electron chi connectivity index (χ2n) is 8.71. The molecule has 0 bridgehead atoms. The van der Waals surface area contributed by atoms with Crippen molar-refractivity contribution < 1.29 is 9.84 Å². The van der Waals surface area contributed by atoms with Crippen molar-refractivity contribution in [1.29, 1.82) is 0 Å². The van der Waals surface area contributed by atoms with E-state index in [0.717, 1.165) is 57.0 Å². The lowest BCUT2D eigenvalue weighted by atomic mass is 9.79. The number of anilines is 1. The monoisotopic (exact) mass is 409 g/mol. The van der Waals surface area contributed by atoms with E-state index in [1.807, 2.05) is 30.5 Å². The van der Waals surface area contributed by atoms with Crippen molar-refractivity contribution in [2.24, 2.45) is 5.92 Å². The molecule has 2 aliphatic rings. The normalized spacial score (nSPS) is 20.7. The molecular formula is C25H35N3O2. The summed E-state index contributed by atoms with van der Waals surface area (Å²) in [7, 11) is 1.74. The van der Waals surface area contributed by atoms with Gasteiger partial charge in [0.25, 0.3) is 0 Å². The maximum atomic E-state index is 11.3. The van der Waals surface area contributed by atoms with E-state index in [0.29, 0.717) is 5.92 Å². The van der Waals surface area contributed by atoms with Crippen LogP contribution >= 0.6 is 0 Å². The Labute approximate surface area is 180 Å². The number of nitrogens with zero attached hydrogens (tertiary/aromatic N) is 3. The van der Waals surface area contributed by atoms with Crippen LogP contribution in [-0.4, -0.2) is 60.9 Å². The van der Waals surface area contributed by atoms with Crippen molar-refractivity contribution >= 4 is 5.69 Å². The van der Waals surface area contributed by atoms with Crippen molar-refractivity contribution in [3.05, 3.63) is 54.4 Å². The molecule has 2 fully saturated rings. The summed E-state index contributed by atoms with van der Waals surface area (Å²) >= 11 is 0. The first-order valence-electron chi connectivity index (χ1n) is 11.5. The van der Waals surface area contributed by atoms with E-state index in [1.54, 1.807) is 7.11 Å². The van der Waals surface area contributed by atoms with Crippen molar-refractivity contribution in [3.63, 3.8) is 0 Å². The predicted octanol–water partition coefficient (Wildman–Crippen LogP) is 3.94. The van der Waals surface area contributed by atoms with Gasteiger partial charge in [0, 0.05) is 50.5 Å². The molecule has 4 rings (SSSR count). The molecule has 2 atom stereocenters. The van der Waals surface area contributed by atoms with Gasteiger partial charge in [0.2, 0.25) is 0 Å². The fraction of sp³-hybridized carbons (Fsp3) is 0.560. The molecule has 1 N–H and O–H groups in total. The zero-order valence-corrected chi connectivity index (χ0v) is 18.1. The Balaban J connectivity index is 1.42. The van der Waals surface area contributed by atoms with E-state index < -0.39 is 0 Å². The first-order chi connectivity index (χ1) is 14.8. The number of ether oxygens (including phenoxy) is 1. The van der Waals surface area contributed by atoms with Gasteiger partial charge in [-0.2, -0.15) is 0 Å². The predicted molar refractivity (Wildman–Crippen MR) is 121 cm³/mol. The van der Waals surface area contributed by atoms with Crippen LogP contribution in [0.25, 0.3) is 0 Å². The van der Waals surface area contributed by atoms with Crippen LogP contribution in [-0.2, 0) is 0 Å². The summed E-state index contributed by atoms with van der Waals surface area (Å²) < 4.78 is 5.55. The van der Waals surface area contributed by atoms with Crippen molar-refractivity contribution in [3.8, 4) is 5.75 Å². The molecule has 1 saturated heterocycles. The molecule has 2 unspecified atom stereocenters. The molecule has 2 heterocycles. The summed E-state index contributed by atoms with van der Waals surface area (Å²) in [6.45, 7) is 4.77. The van der Waals surface area contributed by atoms with E-state index >= 15 is 0 Å². The molecular weight excluding hydrogens is 374 g/mol. The quantitative estimate of drug-likeness (QED) is 0.751. The highest BCUT2D eigenvalue weighted by Gasteiger charge is 2.33. The summed E-state index contributed by atoms with van der Waals surface area (Å²) in [5.74, 6) is 1.41. The highest BCUT2D eigenvalue weighted by molar-refractivity contribution is 5.58. The first kappa shape index (κ1) is 21.1. The molecule has 0 radical (unpaired) electrons. The smallest absolute Gasteiger partial charge is 0.142 e.